The van der Waals surface area contributed by atoms with E-state index in [2.05, 4.69) is 5.32 Å². The molecule has 0 aliphatic carbocycles. The fourth-order valence-corrected chi connectivity index (χ4v) is 3.26. The first kappa shape index (κ1) is 25.6. The molecule has 0 bridgehead atoms. The van der Waals surface area contributed by atoms with Crippen LogP contribution in [0.4, 0.5) is 0 Å². The number of carbonyl (C=O) groups excluding carboxylic acids is 4. The minimum Gasteiger partial charge on any atom is -0.478 e. The third-order valence-electron chi connectivity index (χ3n) is 4.43. The fraction of sp³-hybridized carbons (Fsp3) is 0.476. The molecule has 1 saturated heterocycles. The molecule has 0 spiro atoms. The van der Waals surface area contributed by atoms with Crippen molar-refractivity contribution in [2.24, 2.45) is 0 Å². The van der Waals surface area contributed by atoms with Crippen molar-refractivity contribution >= 4 is 29.8 Å². The van der Waals surface area contributed by atoms with Gasteiger partial charge in [0.1, 0.15) is 30.1 Å². The number of nitrogens with one attached hydrogen (secondary N) is 1. The molecule has 12 heteroatoms. The molecule has 1 fully saturated rings. The number of hydrogen-bond donors (Lipinski definition) is 2. The zero-order valence-electron chi connectivity index (χ0n) is 18.4. The van der Waals surface area contributed by atoms with E-state index in [0.29, 0.717) is 0 Å². The van der Waals surface area contributed by atoms with Gasteiger partial charge in [-0.15, -0.1) is 0 Å². The van der Waals surface area contributed by atoms with Crippen molar-refractivity contribution in [1.29, 1.82) is 0 Å². The average molecular weight is 467 g/mol. The quantitative estimate of drug-likeness (QED) is 0.402. The molecule has 33 heavy (non-hydrogen) atoms. The van der Waals surface area contributed by atoms with E-state index in [1.807, 2.05) is 0 Å². The number of esters is 3. The van der Waals surface area contributed by atoms with Crippen molar-refractivity contribution in [3.63, 3.8) is 0 Å². The number of ether oxygens (including phenoxy) is 5. The van der Waals surface area contributed by atoms with Crippen molar-refractivity contribution in [2.45, 2.75) is 58.3 Å². The average Bonchev–Trinajstić information content (AvgIpc) is 2.70. The third kappa shape index (κ3) is 7.17. The first-order valence-electron chi connectivity index (χ1n) is 9.89. The van der Waals surface area contributed by atoms with Crippen LogP contribution < -0.4 is 10.1 Å². The summed E-state index contributed by atoms with van der Waals surface area (Å²) < 4.78 is 27.2. The monoisotopic (exact) mass is 467 g/mol. The van der Waals surface area contributed by atoms with Gasteiger partial charge in [-0.3, -0.25) is 19.2 Å². The highest BCUT2D eigenvalue weighted by Gasteiger charge is 2.52. The normalized spacial score (nSPS) is 24.2. The summed E-state index contributed by atoms with van der Waals surface area (Å²) in [5, 5.41) is 12.0. The van der Waals surface area contributed by atoms with Crippen molar-refractivity contribution in [3.05, 3.63) is 29.8 Å². The Bertz CT molecular complexity index is 915. The van der Waals surface area contributed by atoms with Gasteiger partial charge >= 0.3 is 23.9 Å². The van der Waals surface area contributed by atoms with Crippen molar-refractivity contribution < 1.29 is 52.8 Å². The van der Waals surface area contributed by atoms with E-state index >= 15 is 0 Å². The molecule has 1 amide bonds. The molecule has 1 aromatic rings. The van der Waals surface area contributed by atoms with E-state index in [0.717, 1.165) is 20.8 Å². The number of carbonyl (C=O) groups is 5. The summed E-state index contributed by atoms with van der Waals surface area (Å²) in [7, 11) is 0. The molecular weight excluding hydrogens is 442 g/mol. The van der Waals surface area contributed by atoms with Crippen molar-refractivity contribution in [2.75, 3.05) is 6.61 Å². The van der Waals surface area contributed by atoms with Crippen molar-refractivity contribution in [1.82, 2.24) is 5.32 Å². The molecule has 1 heterocycles. The highest BCUT2D eigenvalue weighted by Crippen LogP contribution is 2.30. The maximum atomic E-state index is 11.9. The van der Waals surface area contributed by atoms with Crippen LogP contribution in [-0.4, -0.2) is 72.1 Å². The van der Waals surface area contributed by atoms with Gasteiger partial charge in [-0.1, -0.05) is 12.1 Å². The summed E-state index contributed by atoms with van der Waals surface area (Å²) in [6.07, 6.45) is -5.18. The Morgan fingerprint density at radius 3 is 2.09 bits per heavy atom. The van der Waals surface area contributed by atoms with E-state index < -0.39 is 67.0 Å². The van der Waals surface area contributed by atoms with E-state index in [1.165, 1.54) is 31.2 Å². The van der Waals surface area contributed by atoms with Gasteiger partial charge in [0.05, 0.1) is 0 Å². The van der Waals surface area contributed by atoms with Crippen LogP contribution in [0.15, 0.2) is 24.3 Å². The molecule has 0 aromatic heterocycles. The van der Waals surface area contributed by atoms with E-state index in [4.69, 9.17) is 23.7 Å². The van der Waals surface area contributed by atoms with Crippen LogP contribution in [-0.2, 0) is 38.1 Å². The van der Waals surface area contributed by atoms with Crippen LogP contribution >= 0.6 is 0 Å². The zero-order chi connectivity index (χ0) is 24.7. The molecule has 1 aliphatic rings. The van der Waals surface area contributed by atoms with Gasteiger partial charge in [-0.2, -0.15) is 0 Å². The maximum absolute atomic E-state index is 11.9. The summed E-state index contributed by atoms with van der Waals surface area (Å²) in [4.78, 5) is 58.4. The van der Waals surface area contributed by atoms with Crippen LogP contribution in [0.25, 0.3) is 0 Å². The number of para-hydroxylation sites is 1. The van der Waals surface area contributed by atoms with Crippen LogP contribution in [0.2, 0.25) is 0 Å². The molecule has 2 N–H and O–H groups in total. The van der Waals surface area contributed by atoms with Crippen LogP contribution in [0.5, 0.6) is 5.75 Å². The number of amides is 1. The SMILES string of the molecule is CC(=O)N[C@@H]1[C@H](Oc2ccccc2C(=O)O)O[C@H](COC(C)=O)[C@H](OC(C)=O)[C@H]1OC(C)=O. The van der Waals surface area contributed by atoms with Gasteiger partial charge in [-0.25, -0.2) is 4.79 Å². The number of aromatic carboxylic acids is 1. The number of carboxylic acids is 1. The molecule has 0 unspecified atom stereocenters. The smallest absolute Gasteiger partial charge is 0.339 e. The second-order valence-electron chi connectivity index (χ2n) is 7.14. The Balaban J connectivity index is 2.51. The highest BCUT2D eigenvalue weighted by atomic mass is 16.7. The van der Waals surface area contributed by atoms with Crippen LogP contribution in [0, 0.1) is 0 Å². The van der Waals surface area contributed by atoms with E-state index in [1.54, 1.807) is 0 Å². The van der Waals surface area contributed by atoms with Gasteiger partial charge in [0.2, 0.25) is 12.2 Å². The van der Waals surface area contributed by atoms with Crippen LogP contribution in [0.1, 0.15) is 38.1 Å². The van der Waals surface area contributed by atoms with Gasteiger partial charge in [-0.05, 0) is 12.1 Å². The molecule has 0 saturated carbocycles. The topological polar surface area (TPSA) is 164 Å². The first-order chi connectivity index (χ1) is 15.5. The molecule has 2 rings (SSSR count). The molecule has 1 aromatic carbocycles. The Hall–Kier alpha value is -3.67. The van der Waals surface area contributed by atoms with Gasteiger partial charge in [0, 0.05) is 27.7 Å². The fourth-order valence-electron chi connectivity index (χ4n) is 3.26. The Morgan fingerprint density at radius 1 is 0.939 bits per heavy atom. The van der Waals surface area contributed by atoms with E-state index in [-0.39, 0.29) is 11.3 Å². The standard InChI is InChI=1S/C21H25NO11/c1-10(23)22-17-19(31-13(4)26)18(30-12(3)25)16(9-29-11(2)24)33-21(17)32-15-8-6-5-7-14(15)20(27)28/h5-8,16-19,21H,9H2,1-4H3,(H,22,23)(H,27,28)/t16-,17+,18+,19+,21-/m1/s1. The summed E-state index contributed by atoms with van der Waals surface area (Å²) in [6, 6.07) is 4.48. The molecule has 5 atom stereocenters. The molecular formula is C21H25NO11. The Labute approximate surface area is 189 Å². The maximum Gasteiger partial charge on any atom is 0.339 e. The predicted molar refractivity (Wildman–Crippen MR) is 108 cm³/mol. The molecule has 180 valence electrons. The largest absolute Gasteiger partial charge is 0.478 e. The second-order valence-corrected chi connectivity index (χ2v) is 7.14. The first-order valence-corrected chi connectivity index (χ1v) is 9.89. The summed E-state index contributed by atoms with van der Waals surface area (Å²) in [5.74, 6) is -4.08. The van der Waals surface area contributed by atoms with Gasteiger partial charge in [0.15, 0.2) is 12.2 Å². The summed E-state index contributed by atoms with van der Waals surface area (Å²) >= 11 is 0. The number of benzene rings is 1. The molecule has 12 nitrogen and oxygen atoms in total. The minimum absolute atomic E-state index is 0.0934. The zero-order valence-corrected chi connectivity index (χ0v) is 18.4. The number of carboxylic acid groups (broad SMARTS) is 1. The molecule has 1 aliphatic heterocycles. The van der Waals surface area contributed by atoms with Gasteiger partial charge < -0.3 is 34.1 Å². The van der Waals surface area contributed by atoms with Crippen LogP contribution in [0.3, 0.4) is 0 Å². The lowest BCUT2D eigenvalue weighted by atomic mass is 9.96. The number of rotatable bonds is 8. The Morgan fingerprint density at radius 2 is 1.55 bits per heavy atom. The second kappa shape index (κ2) is 11.3. The summed E-state index contributed by atoms with van der Waals surface area (Å²) in [6.45, 7) is 4.18. The van der Waals surface area contributed by atoms with Gasteiger partial charge in [0.25, 0.3) is 0 Å². The highest BCUT2D eigenvalue weighted by molar-refractivity contribution is 5.90. The lowest BCUT2D eigenvalue weighted by Gasteiger charge is -2.44. The predicted octanol–water partition coefficient (Wildman–Crippen LogP) is 0.420. The molecule has 0 radical (unpaired) electrons. The Kier molecular flexibility index (Phi) is 8.74. The van der Waals surface area contributed by atoms with E-state index in [9.17, 15) is 29.1 Å². The lowest BCUT2D eigenvalue weighted by molar-refractivity contribution is -0.257. The minimum atomic E-state index is -1.41. The third-order valence-corrected chi connectivity index (χ3v) is 4.43. The van der Waals surface area contributed by atoms with Crippen molar-refractivity contribution in [3.8, 4) is 5.75 Å². The summed E-state index contributed by atoms with van der Waals surface area (Å²) in [5.41, 5.74) is -0.189. The lowest BCUT2D eigenvalue weighted by Crippen LogP contribution is -2.67. The number of hydrogen-bond acceptors (Lipinski definition) is 10.